The van der Waals surface area contributed by atoms with Crippen LogP contribution in [0.4, 0.5) is 0 Å². The molecule has 1 saturated carbocycles. The van der Waals surface area contributed by atoms with E-state index in [1.165, 1.54) is 0 Å². The van der Waals surface area contributed by atoms with Crippen molar-refractivity contribution in [2.45, 2.75) is 44.9 Å². The van der Waals surface area contributed by atoms with Gasteiger partial charge in [-0.2, -0.15) is 0 Å². The monoisotopic (exact) mass is 392 g/mol. The van der Waals surface area contributed by atoms with E-state index in [1.807, 2.05) is 0 Å². The Labute approximate surface area is 199 Å². The van der Waals surface area contributed by atoms with Crippen LogP contribution in [0.15, 0.2) is 0 Å². The molecule has 2 atom stereocenters. The molecule has 0 bridgehead atoms. The average molecular weight is 392 g/mol. The molecule has 0 aliphatic heterocycles. The fourth-order valence-corrected chi connectivity index (χ4v) is 3.53. The van der Waals surface area contributed by atoms with E-state index < -0.39 is 54.0 Å². The minimum Gasteiger partial charge on any atom is -0.550 e. The first-order chi connectivity index (χ1) is 10.2. The number of hydrogen-bond donors (Lipinski definition) is 0. The van der Waals surface area contributed by atoms with Crippen LogP contribution in [-0.2, 0) is 19.2 Å². The minimum absolute atomic E-state index is 0. The van der Waals surface area contributed by atoms with E-state index in [-0.39, 0.29) is 88.3 Å². The number of carbonyl (C=O) groups is 4. The second kappa shape index (κ2) is 11.9. The number of rotatable bonds is 8. The van der Waals surface area contributed by atoms with Gasteiger partial charge >= 0.3 is 75.5 Å². The molecule has 1 fully saturated rings. The summed E-state index contributed by atoms with van der Waals surface area (Å²) in [6, 6.07) is 0. The maximum absolute atomic E-state index is 11.4. The molecular formula is C14H16Ca2O8. The quantitative estimate of drug-likeness (QED) is 0.372. The van der Waals surface area contributed by atoms with Crippen LogP contribution in [0.1, 0.15) is 44.9 Å². The Morgan fingerprint density at radius 3 is 1.29 bits per heavy atom. The van der Waals surface area contributed by atoms with Crippen LogP contribution in [0, 0.1) is 17.3 Å². The van der Waals surface area contributed by atoms with Gasteiger partial charge in [0.2, 0.25) is 0 Å². The second-order valence-corrected chi connectivity index (χ2v) is 5.69. The summed E-state index contributed by atoms with van der Waals surface area (Å²) in [7, 11) is 0. The Morgan fingerprint density at radius 1 is 0.708 bits per heavy atom. The van der Waals surface area contributed by atoms with Gasteiger partial charge in [0.05, 0.1) is 0 Å². The van der Waals surface area contributed by atoms with E-state index in [4.69, 9.17) is 0 Å². The molecule has 0 N–H and O–H groups in total. The van der Waals surface area contributed by atoms with Crippen molar-refractivity contribution in [3.05, 3.63) is 0 Å². The van der Waals surface area contributed by atoms with Crippen LogP contribution >= 0.6 is 0 Å². The molecule has 0 spiro atoms. The molecular weight excluding hydrogens is 376 g/mol. The zero-order valence-electron chi connectivity index (χ0n) is 13.3. The van der Waals surface area contributed by atoms with Gasteiger partial charge in [-0.3, -0.25) is 0 Å². The van der Waals surface area contributed by atoms with Crippen molar-refractivity contribution in [3.63, 3.8) is 0 Å². The normalized spacial score (nSPS) is 18.2. The van der Waals surface area contributed by atoms with Gasteiger partial charge in [0.15, 0.2) is 0 Å². The predicted octanol–water partition coefficient (Wildman–Crippen LogP) is -4.81. The van der Waals surface area contributed by atoms with Gasteiger partial charge in [0, 0.05) is 35.7 Å². The third-order valence-electron chi connectivity index (χ3n) is 4.48. The molecule has 124 valence electrons. The molecule has 0 amide bonds. The summed E-state index contributed by atoms with van der Waals surface area (Å²) in [5.41, 5.74) is -1.55. The van der Waals surface area contributed by atoms with E-state index in [1.54, 1.807) is 0 Å². The van der Waals surface area contributed by atoms with Crippen molar-refractivity contribution in [1.82, 2.24) is 0 Å². The standard InChI is InChI=1S/C14H20O8.2Ca/c15-10(16)6-8(12(19)20)14(4-2-1-3-5-14)9(13(21)22)7-11(17)18;;/h8-9H,1-7H2,(H,15,16)(H,17,18)(H,19,20)(H,21,22);;/q;2*+2/p-4. The molecule has 24 heavy (non-hydrogen) atoms. The van der Waals surface area contributed by atoms with Gasteiger partial charge in [-0.1, -0.05) is 19.3 Å². The molecule has 1 aliphatic carbocycles. The van der Waals surface area contributed by atoms with Gasteiger partial charge in [-0.05, 0) is 31.1 Å². The van der Waals surface area contributed by atoms with Crippen molar-refractivity contribution in [2.75, 3.05) is 0 Å². The number of aliphatic carboxylic acids is 4. The fraction of sp³-hybridized carbons (Fsp3) is 0.714. The summed E-state index contributed by atoms with van der Waals surface area (Å²) < 4.78 is 0. The van der Waals surface area contributed by atoms with Gasteiger partial charge in [0.1, 0.15) is 0 Å². The van der Waals surface area contributed by atoms with E-state index in [2.05, 4.69) is 0 Å². The third-order valence-corrected chi connectivity index (χ3v) is 4.48. The van der Waals surface area contributed by atoms with Crippen LogP contribution in [-0.4, -0.2) is 99.4 Å². The van der Waals surface area contributed by atoms with Crippen LogP contribution in [0.5, 0.6) is 0 Å². The molecule has 1 rings (SSSR count). The number of carboxylic acid groups (broad SMARTS) is 4. The van der Waals surface area contributed by atoms with Gasteiger partial charge in [0.25, 0.3) is 0 Å². The molecule has 0 heterocycles. The van der Waals surface area contributed by atoms with E-state index >= 15 is 0 Å². The maximum Gasteiger partial charge on any atom is 2.00 e. The zero-order chi connectivity index (χ0) is 16.9. The summed E-state index contributed by atoms with van der Waals surface area (Å²) in [5.74, 6) is -10.1. The second-order valence-electron chi connectivity index (χ2n) is 5.69. The molecule has 0 saturated heterocycles. The summed E-state index contributed by atoms with van der Waals surface area (Å²) in [5, 5.41) is 44.4. The van der Waals surface area contributed by atoms with Gasteiger partial charge in [-0.25, -0.2) is 0 Å². The molecule has 0 aromatic rings. The summed E-state index contributed by atoms with van der Waals surface area (Å²) in [6.07, 6.45) is -0.0622. The summed E-state index contributed by atoms with van der Waals surface area (Å²) in [6.45, 7) is 0. The van der Waals surface area contributed by atoms with Crippen LogP contribution in [0.2, 0.25) is 0 Å². The number of hydrogen-bond acceptors (Lipinski definition) is 8. The number of carbonyl (C=O) groups excluding carboxylic acids is 4. The topological polar surface area (TPSA) is 161 Å². The molecule has 8 nitrogen and oxygen atoms in total. The Balaban J connectivity index is 0. The van der Waals surface area contributed by atoms with E-state index in [0.29, 0.717) is 12.8 Å². The van der Waals surface area contributed by atoms with Gasteiger partial charge < -0.3 is 39.6 Å². The van der Waals surface area contributed by atoms with Crippen LogP contribution in [0.25, 0.3) is 0 Å². The molecule has 0 aromatic heterocycles. The average Bonchev–Trinajstić information content (AvgIpc) is 2.42. The Kier molecular flexibility index (Phi) is 13.2. The van der Waals surface area contributed by atoms with Crippen molar-refractivity contribution in [2.24, 2.45) is 17.3 Å². The Bertz CT molecular complexity index is 437. The summed E-state index contributed by atoms with van der Waals surface area (Å²) >= 11 is 0. The van der Waals surface area contributed by atoms with Crippen LogP contribution < -0.4 is 20.4 Å². The Hall–Kier alpha value is 0.399. The molecule has 1 aliphatic rings. The number of carboxylic acids is 4. The molecule has 0 radical (unpaired) electrons. The first-order valence-corrected chi connectivity index (χ1v) is 7.02. The Morgan fingerprint density at radius 2 is 1.04 bits per heavy atom. The predicted molar refractivity (Wildman–Crippen MR) is 73.3 cm³/mol. The molecule has 0 aromatic carbocycles. The first-order valence-electron chi connectivity index (χ1n) is 7.02. The fourth-order valence-electron chi connectivity index (χ4n) is 3.53. The van der Waals surface area contributed by atoms with Crippen molar-refractivity contribution in [1.29, 1.82) is 0 Å². The zero-order valence-corrected chi connectivity index (χ0v) is 17.7. The minimum atomic E-state index is -1.73. The largest absolute Gasteiger partial charge is 2.00 e. The van der Waals surface area contributed by atoms with Crippen molar-refractivity contribution < 1.29 is 39.6 Å². The molecule has 10 heteroatoms. The van der Waals surface area contributed by atoms with E-state index in [9.17, 15) is 39.6 Å². The summed E-state index contributed by atoms with van der Waals surface area (Å²) in [4.78, 5) is 44.4. The van der Waals surface area contributed by atoms with Gasteiger partial charge in [-0.15, -0.1) is 0 Å². The van der Waals surface area contributed by atoms with Crippen molar-refractivity contribution in [3.8, 4) is 0 Å². The smallest absolute Gasteiger partial charge is 0.550 e. The first kappa shape index (κ1) is 26.6. The van der Waals surface area contributed by atoms with Crippen molar-refractivity contribution >= 4 is 99.4 Å². The van der Waals surface area contributed by atoms with E-state index in [0.717, 1.165) is 6.42 Å². The van der Waals surface area contributed by atoms with Crippen LogP contribution in [0.3, 0.4) is 0 Å². The SMILES string of the molecule is O=C([O-])CC(C(=O)[O-])C1(C(CC(=O)[O-])C(=O)[O-])CCCCC1.[Ca+2].[Ca+2]. The third kappa shape index (κ3) is 6.96. The maximum atomic E-state index is 11.4. The molecule has 2 unspecified atom stereocenters.